The second-order valence-electron chi connectivity index (χ2n) is 7.49. The van der Waals surface area contributed by atoms with Crippen molar-refractivity contribution in [2.75, 3.05) is 39.4 Å². The molecule has 7 heteroatoms. The summed E-state index contributed by atoms with van der Waals surface area (Å²) in [6.45, 7) is 8.05. The number of morpholine rings is 1. The third-order valence-electron chi connectivity index (χ3n) is 5.37. The topological polar surface area (TPSA) is 71.7 Å². The molecule has 2 fully saturated rings. The first-order chi connectivity index (χ1) is 13.2. The summed E-state index contributed by atoms with van der Waals surface area (Å²) < 4.78 is 10.7. The lowest BCUT2D eigenvalue weighted by molar-refractivity contribution is 0.0342. The third-order valence-corrected chi connectivity index (χ3v) is 5.37. The maximum atomic E-state index is 12.6. The molecular weight excluding hydrogens is 344 g/mol. The fourth-order valence-electron chi connectivity index (χ4n) is 3.60. The normalized spacial score (nSPS) is 19.4. The lowest BCUT2D eigenvalue weighted by Gasteiger charge is -2.28. The van der Waals surface area contributed by atoms with Crippen LogP contribution in [-0.2, 0) is 11.3 Å². The van der Waals surface area contributed by atoms with Crippen LogP contribution in [0.5, 0.6) is 0 Å². The van der Waals surface area contributed by atoms with Crippen molar-refractivity contribution in [3.63, 3.8) is 0 Å². The molecule has 3 heterocycles. The highest BCUT2D eigenvalue weighted by atomic mass is 16.5. The predicted octanol–water partition coefficient (Wildman–Crippen LogP) is 2.44. The molecule has 2 aliphatic rings. The van der Waals surface area contributed by atoms with Crippen LogP contribution in [0.1, 0.15) is 36.0 Å². The van der Waals surface area contributed by atoms with Gasteiger partial charge in [-0.1, -0.05) is 30.3 Å². The molecule has 4 rings (SSSR count). The van der Waals surface area contributed by atoms with Gasteiger partial charge in [0.1, 0.15) is 0 Å². The van der Waals surface area contributed by atoms with Gasteiger partial charge in [-0.15, -0.1) is 0 Å². The molecule has 1 aromatic heterocycles. The summed E-state index contributed by atoms with van der Waals surface area (Å²) in [6, 6.07) is 8.11. The Labute approximate surface area is 159 Å². The summed E-state index contributed by atoms with van der Waals surface area (Å²) in [4.78, 5) is 21.1. The van der Waals surface area contributed by atoms with E-state index in [1.807, 2.05) is 17.0 Å². The summed E-state index contributed by atoms with van der Waals surface area (Å²) >= 11 is 0. The number of aromatic nitrogens is 2. The van der Waals surface area contributed by atoms with Crippen molar-refractivity contribution in [3.05, 3.63) is 35.7 Å². The van der Waals surface area contributed by atoms with E-state index in [-0.39, 0.29) is 11.8 Å². The SMILES string of the molecule is CC1CCN(C(=O)c2nc(-c3cccc(CN4CCOCC4)c3)no2)CC1. The lowest BCUT2D eigenvalue weighted by atomic mass is 9.99. The van der Waals surface area contributed by atoms with Crippen LogP contribution in [0, 0.1) is 5.92 Å². The largest absolute Gasteiger partial charge is 0.379 e. The summed E-state index contributed by atoms with van der Waals surface area (Å²) in [5.74, 6) is 1.05. The van der Waals surface area contributed by atoms with Gasteiger partial charge in [0.05, 0.1) is 13.2 Å². The number of amides is 1. The van der Waals surface area contributed by atoms with Crippen molar-refractivity contribution in [1.29, 1.82) is 0 Å². The molecule has 7 nitrogen and oxygen atoms in total. The van der Waals surface area contributed by atoms with Crippen LogP contribution < -0.4 is 0 Å². The minimum Gasteiger partial charge on any atom is -0.379 e. The van der Waals surface area contributed by atoms with Gasteiger partial charge in [-0.3, -0.25) is 9.69 Å². The molecule has 0 N–H and O–H groups in total. The molecule has 0 spiro atoms. The van der Waals surface area contributed by atoms with E-state index in [9.17, 15) is 4.79 Å². The van der Waals surface area contributed by atoms with Crippen LogP contribution in [0.25, 0.3) is 11.4 Å². The summed E-state index contributed by atoms with van der Waals surface area (Å²) in [7, 11) is 0. The zero-order valence-electron chi connectivity index (χ0n) is 15.8. The molecule has 144 valence electrons. The van der Waals surface area contributed by atoms with Gasteiger partial charge in [-0.05, 0) is 30.4 Å². The van der Waals surface area contributed by atoms with Gasteiger partial charge in [0.25, 0.3) is 0 Å². The number of benzene rings is 1. The standard InChI is InChI=1S/C20H26N4O3/c1-15-5-7-24(8-6-15)20(25)19-21-18(22-27-19)17-4-2-3-16(13-17)14-23-9-11-26-12-10-23/h2-4,13,15H,5-12,14H2,1H3. The molecule has 0 unspecified atom stereocenters. The fourth-order valence-corrected chi connectivity index (χ4v) is 3.60. The summed E-state index contributed by atoms with van der Waals surface area (Å²) in [5.41, 5.74) is 2.06. The van der Waals surface area contributed by atoms with E-state index in [4.69, 9.17) is 9.26 Å². The summed E-state index contributed by atoms with van der Waals surface area (Å²) in [5, 5.41) is 4.04. The Hall–Kier alpha value is -2.25. The Balaban J connectivity index is 1.44. The average molecular weight is 370 g/mol. The van der Waals surface area contributed by atoms with Crippen LogP contribution in [0.2, 0.25) is 0 Å². The second kappa shape index (κ2) is 8.19. The number of rotatable bonds is 4. The second-order valence-corrected chi connectivity index (χ2v) is 7.49. The number of piperidine rings is 1. The maximum absolute atomic E-state index is 12.6. The quantitative estimate of drug-likeness (QED) is 0.823. The lowest BCUT2D eigenvalue weighted by Crippen LogP contribution is -2.38. The molecule has 0 atom stereocenters. The van der Waals surface area contributed by atoms with Crippen LogP contribution in [0.4, 0.5) is 0 Å². The zero-order chi connectivity index (χ0) is 18.6. The van der Waals surface area contributed by atoms with E-state index >= 15 is 0 Å². The van der Waals surface area contributed by atoms with Crippen molar-refractivity contribution < 1.29 is 14.1 Å². The minimum absolute atomic E-state index is 0.0816. The molecule has 2 aliphatic heterocycles. The number of likely N-dealkylation sites (tertiary alicyclic amines) is 1. The molecular formula is C20H26N4O3. The Morgan fingerprint density at radius 1 is 1.19 bits per heavy atom. The van der Waals surface area contributed by atoms with Crippen LogP contribution in [-0.4, -0.2) is 65.2 Å². The van der Waals surface area contributed by atoms with Gasteiger partial charge in [0.15, 0.2) is 0 Å². The van der Waals surface area contributed by atoms with Crippen molar-refractivity contribution in [2.45, 2.75) is 26.3 Å². The average Bonchev–Trinajstić information content (AvgIpc) is 3.19. The molecule has 0 saturated carbocycles. The molecule has 0 radical (unpaired) electrons. The molecule has 2 saturated heterocycles. The van der Waals surface area contributed by atoms with E-state index in [1.54, 1.807) is 0 Å². The Morgan fingerprint density at radius 3 is 2.74 bits per heavy atom. The van der Waals surface area contributed by atoms with Gasteiger partial charge < -0.3 is 14.2 Å². The third kappa shape index (κ3) is 4.36. The van der Waals surface area contributed by atoms with E-state index in [0.29, 0.717) is 11.7 Å². The first-order valence-corrected chi connectivity index (χ1v) is 9.71. The molecule has 1 amide bonds. The first kappa shape index (κ1) is 18.1. The molecule has 1 aromatic carbocycles. The van der Waals surface area contributed by atoms with E-state index in [0.717, 1.165) is 64.3 Å². The van der Waals surface area contributed by atoms with Crippen molar-refractivity contribution in [1.82, 2.24) is 19.9 Å². The highest BCUT2D eigenvalue weighted by Crippen LogP contribution is 2.21. The molecule has 27 heavy (non-hydrogen) atoms. The Bertz CT molecular complexity index is 777. The molecule has 0 bridgehead atoms. The van der Waals surface area contributed by atoms with Gasteiger partial charge in [-0.25, -0.2) is 0 Å². The van der Waals surface area contributed by atoms with Crippen LogP contribution >= 0.6 is 0 Å². The number of hydrogen-bond donors (Lipinski definition) is 0. The van der Waals surface area contributed by atoms with Gasteiger partial charge in [0.2, 0.25) is 5.82 Å². The van der Waals surface area contributed by atoms with Gasteiger partial charge in [-0.2, -0.15) is 4.98 Å². The number of nitrogens with zero attached hydrogens (tertiary/aromatic N) is 4. The minimum atomic E-state index is -0.162. The highest BCUT2D eigenvalue weighted by Gasteiger charge is 2.26. The fraction of sp³-hybridized carbons (Fsp3) is 0.550. The Kier molecular flexibility index (Phi) is 5.50. The predicted molar refractivity (Wildman–Crippen MR) is 100 cm³/mol. The summed E-state index contributed by atoms with van der Waals surface area (Å²) in [6.07, 6.45) is 2.05. The zero-order valence-corrected chi connectivity index (χ0v) is 15.8. The maximum Gasteiger partial charge on any atom is 0.316 e. The van der Waals surface area contributed by atoms with E-state index in [2.05, 4.69) is 34.1 Å². The van der Waals surface area contributed by atoms with Gasteiger partial charge in [0, 0.05) is 38.3 Å². The number of carbonyl (C=O) groups is 1. The monoisotopic (exact) mass is 370 g/mol. The highest BCUT2D eigenvalue weighted by molar-refractivity contribution is 5.90. The van der Waals surface area contributed by atoms with E-state index < -0.39 is 0 Å². The van der Waals surface area contributed by atoms with Crippen molar-refractivity contribution in [2.24, 2.45) is 5.92 Å². The number of carbonyl (C=O) groups excluding carboxylic acids is 1. The van der Waals surface area contributed by atoms with Crippen LogP contribution in [0.3, 0.4) is 0 Å². The van der Waals surface area contributed by atoms with Crippen molar-refractivity contribution in [3.8, 4) is 11.4 Å². The van der Waals surface area contributed by atoms with Crippen LogP contribution in [0.15, 0.2) is 28.8 Å². The van der Waals surface area contributed by atoms with Crippen molar-refractivity contribution >= 4 is 5.91 Å². The van der Waals surface area contributed by atoms with E-state index in [1.165, 1.54) is 5.56 Å². The molecule has 0 aliphatic carbocycles. The van der Waals surface area contributed by atoms with Gasteiger partial charge >= 0.3 is 11.8 Å². The Morgan fingerprint density at radius 2 is 1.96 bits per heavy atom. The first-order valence-electron chi connectivity index (χ1n) is 9.71. The molecule has 2 aromatic rings. The number of ether oxygens (including phenoxy) is 1. The number of hydrogen-bond acceptors (Lipinski definition) is 6. The smallest absolute Gasteiger partial charge is 0.316 e.